The van der Waals surface area contributed by atoms with E-state index < -0.39 is 10.0 Å². The normalized spacial score (nSPS) is 12.0. The number of sulfonamides is 1. The number of aryl methyl sites for hydroxylation is 1. The molecule has 5 nitrogen and oxygen atoms in total. The fourth-order valence-electron chi connectivity index (χ4n) is 1.81. The van der Waals surface area contributed by atoms with Crippen LogP contribution in [0.4, 0.5) is 5.69 Å². The van der Waals surface area contributed by atoms with Gasteiger partial charge in [0.1, 0.15) is 0 Å². The summed E-state index contributed by atoms with van der Waals surface area (Å²) in [6, 6.07) is 4.72. The Balaban J connectivity index is 3.17. The topological polar surface area (TPSA) is 83.6 Å². The zero-order chi connectivity index (χ0) is 13.8. The summed E-state index contributed by atoms with van der Waals surface area (Å²) in [5.41, 5.74) is 6.77. The fraction of sp³-hybridized carbons (Fsp3) is 0.500. The summed E-state index contributed by atoms with van der Waals surface area (Å²) < 4.78 is 26.1. The second-order valence-electron chi connectivity index (χ2n) is 4.15. The zero-order valence-corrected chi connectivity index (χ0v) is 11.6. The van der Waals surface area contributed by atoms with Crippen LogP contribution in [-0.4, -0.2) is 37.5 Å². The molecule has 0 spiro atoms. The van der Waals surface area contributed by atoms with E-state index in [1.807, 2.05) is 6.92 Å². The van der Waals surface area contributed by atoms with Crippen LogP contribution in [-0.2, 0) is 10.0 Å². The third-order valence-corrected chi connectivity index (χ3v) is 4.70. The highest BCUT2D eigenvalue weighted by Gasteiger charge is 2.24. The van der Waals surface area contributed by atoms with Gasteiger partial charge in [-0.3, -0.25) is 0 Å². The van der Waals surface area contributed by atoms with Gasteiger partial charge in [-0.2, -0.15) is 4.31 Å². The predicted octanol–water partition coefficient (Wildman–Crippen LogP) is 0.970. The minimum atomic E-state index is -3.56. The minimum Gasteiger partial charge on any atom is -0.399 e. The lowest BCUT2D eigenvalue weighted by Crippen LogP contribution is -2.34. The Morgan fingerprint density at radius 2 is 2.00 bits per heavy atom. The van der Waals surface area contributed by atoms with Gasteiger partial charge in [0.05, 0.1) is 11.5 Å². The van der Waals surface area contributed by atoms with Crippen LogP contribution in [0.25, 0.3) is 0 Å². The summed E-state index contributed by atoms with van der Waals surface area (Å²) in [5, 5.41) is 8.96. The molecule has 1 aromatic rings. The number of benzene rings is 1. The van der Waals surface area contributed by atoms with Crippen LogP contribution in [0.1, 0.15) is 18.9 Å². The Bertz CT molecular complexity index is 494. The number of aliphatic hydroxyl groups excluding tert-OH is 1. The van der Waals surface area contributed by atoms with Gasteiger partial charge in [0.15, 0.2) is 0 Å². The second kappa shape index (κ2) is 6.17. The monoisotopic (exact) mass is 272 g/mol. The van der Waals surface area contributed by atoms with Crippen molar-refractivity contribution in [1.82, 2.24) is 4.31 Å². The van der Waals surface area contributed by atoms with Gasteiger partial charge in [0, 0.05) is 18.8 Å². The first-order valence-electron chi connectivity index (χ1n) is 5.90. The molecule has 0 radical (unpaired) electrons. The molecule has 0 aliphatic carbocycles. The number of nitrogens with two attached hydrogens (primary N) is 1. The van der Waals surface area contributed by atoms with Crippen molar-refractivity contribution in [2.24, 2.45) is 0 Å². The van der Waals surface area contributed by atoms with E-state index in [9.17, 15) is 8.42 Å². The molecular weight excluding hydrogens is 252 g/mol. The molecule has 0 aromatic heterocycles. The highest BCUT2D eigenvalue weighted by atomic mass is 32.2. The van der Waals surface area contributed by atoms with E-state index in [0.717, 1.165) is 0 Å². The third-order valence-electron chi connectivity index (χ3n) is 2.64. The van der Waals surface area contributed by atoms with E-state index in [-0.39, 0.29) is 18.0 Å². The molecule has 0 amide bonds. The highest BCUT2D eigenvalue weighted by molar-refractivity contribution is 7.89. The Labute approximate surface area is 108 Å². The van der Waals surface area contributed by atoms with Crippen molar-refractivity contribution in [2.45, 2.75) is 25.2 Å². The van der Waals surface area contributed by atoms with E-state index in [0.29, 0.717) is 24.2 Å². The van der Waals surface area contributed by atoms with E-state index >= 15 is 0 Å². The molecule has 0 aliphatic rings. The van der Waals surface area contributed by atoms with Crippen LogP contribution in [0.3, 0.4) is 0 Å². The van der Waals surface area contributed by atoms with Crippen molar-refractivity contribution < 1.29 is 13.5 Å². The lowest BCUT2D eigenvalue weighted by atomic mass is 10.2. The molecule has 0 bridgehead atoms. The molecule has 102 valence electrons. The van der Waals surface area contributed by atoms with Crippen LogP contribution in [0, 0.1) is 6.92 Å². The molecule has 0 fully saturated rings. The van der Waals surface area contributed by atoms with Crippen molar-refractivity contribution >= 4 is 15.7 Å². The number of nitrogens with zero attached hydrogens (tertiary/aromatic N) is 1. The van der Waals surface area contributed by atoms with Crippen molar-refractivity contribution in [3.63, 3.8) is 0 Å². The third kappa shape index (κ3) is 3.22. The van der Waals surface area contributed by atoms with Gasteiger partial charge in [0.25, 0.3) is 0 Å². The second-order valence-corrected chi connectivity index (χ2v) is 6.06. The van der Waals surface area contributed by atoms with E-state index in [2.05, 4.69) is 0 Å². The van der Waals surface area contributed by atoms with Crippen molar-refractivity contribution in [3.05, 3.63) is 23.8 Å². The largest absolute Gasteiger partial charge is 0.399 e. The van der Waals surface area contributed by atoms with Crippen LogP contribution >= 0.6 is 0 Å². The molecule has 0 saturated carbocycles. The summed E-state index contributed by atoms with van der Waals surface area (Å²) in [6.45, 7) is 3.93. The number of rotatable bonds is 6. The van der Waals surface area contributed by atoms with Crippen molar-refractivity contribution in [3.8, 4) is 0 Å². The lowest BCUT2D eigenvalue weighted by Gasteiger charge is -2.21. The molecule has 1 rings (SSSR count). The maximum Gasteiger partial charge on any atom is 0.243 e. The molecular formula is C12H20N2O3S. The predicted molar refractivity (Wildman–Crippen MR) is 71.7 cm³/mol. The summed E-state index contributed by atoms with van der Waals surface area (Å²) in [4.78, 5) is 0.249. The van der Waals surface area contributed by atoms with Gasteiger partial charge >= 0.3 is 0 Å². The van der Waals surface area contributed by atoms with Crippen LogP contribution in [0.2, 0.25) is 0 Å². The number of aliphatic hydroxyl groups is 1. The maximum absolute atomic E-state index is 12.4. The van der Waals surface area contributed by atoms with E-state index in [1.54, 1.807) is 19.1 Å². The SMILES string of the molecule is CCCN(CCO)S(=O)(=O)c1ccc(N)cc1C. The molecule has 3 N–H and O–H groups in total. The number of hydrogen-bond donors (Lipinski definition) is 2. The number of anilines is 1. The van der Waals surface area contributed by atoms with Gasteiger partial charge in [-0.05, 0) is 37.1 Å². The van der Waals surface area contributed by atoms with Gasteiger partial charge in [-0.25, -0.2) is 8.42 Å². The van der Waals surface area contributed by atoms with Crippen molar-refractivity contribution in [2.75, 3.05) is 25.4 Å². The maximum atomic E-state index is 12.4. The van der Waals surface area contributed by atoms with Crippen LogP contribution in [0.15, 0.2) is 23.1 Å². The molecule has 6 heteroatoms. The summed E-state index contributed by atoms with van der Waals surface area (Å²) in [6.07, 6.45) is 0.702. The minimum absolute atomic E-state index is 0.111. The number of hydrogen-bond acceptors (Lipinski definition) is 4. The smallest absolute Gasteiger partial charge is 0.243 e. The summed E-state index contributed by atoms with van der Waals surface area (Å²) in [5.74, 6) is 0. The first-order valence-corrected chi connectivity index (χ1v) is 7.34. The lowest BCUT2D eigenvalue weighted by molar-refractivity contribution is 0.253. The first kappa shape index (κ1) is 14.9. The molecule has 0 aliphatic heterocycles. The highest BCUT2D eigenvalue weighted by Crippen LogP contribution is 2.21. The summed E-state index contributed by atoms with van der Waals surface area (Å²) in [7, 11) is -3.56. The first-order chi connectivity index (χ1) is 8.43. The van der Waals surface area contributed by atoms with Gasteiger partial charge in [-0.1, -0.05) is 6.92 Å². The van der Waals surface area contributed by atoms with Crippen molar-refractivity contribution in [1.29, 1.82) is 0 Å². The Hall–Kier alpha value is -1.11. The van der Waals surface area contributed by atoms with Gasteiger partial charge in [-0.15, -0.1) is 0 Å². The Kier molecular flexibility index (Phi) is 5.13. The van der Waals surface area contributed by atoms with Gasteiger partial charge in [0.2, 0.25) is 10.0 Å². The molecule has 0 unspecified atom stereocenters. The zero-order valence-electron chi connectivity index (χ0n) is 10.8. The van der Waals surface area contributed by atoms with Crippen LogP contribution in [0.5, 0.6) is 0 Å². The molecule has 0 heterocycles. The number of nitrogen functional groups attached to an aromatic ring is 1. The summed E-state index contributed by atoms with van der Waals surface area (Å²) >= 11 is 0. The van der Waals surface area contributed by atoms with Gasteiger partial charge < -0.3 is 10.8 Å². The molecule has 18 heavy (non-hydrogen) atoms. The average Bonchev–Trinajstić information content (AvgIpc) is 2.28. The average molecular weight is 272 g/mol. The standard InChI is InChI=1S/C12H20N2O3S/c1-3-6-14(7-8-15)18(16,17)12-5-4-11(13)9-10(12)2/h4-5,9,15H,3,6-8,13H2,1-2H3. The molecule has 0 atom stereocenters. The van der Waals surface area contributed by atoms with E-state index in [4.69, 9.17) is 10.8 Å². The Morgan fingerprint density at radius 1 is 1.33 bits per heavy atom. The quantitative estimate of drug-likeness (QED) is 0.756. The fourth-order valence-corrected chi connectivity index (χ4v) is 3.54. The molecule has 1 aromatic carbocycles. The Morgan fingerprint density at radius 3 is 2.50 bits per heavy atom. The molecule has 0 saturated heterocycles. The van der Waals surface area contributed by atoms with Crippen LogP contribution < -0.4 is 5.73 Å². The van der Waals surface area contributed by atoms with E-state index in [1.165, 1.54) is 10.4 Å².